The lowest BCUT2D eigenvalue weighted by molar-refractivity contribution is -0.139. The molecule has 40 heavy (non-hydrogen) atoms. The minimum absolute atomic E-state index is 0.0443. The van der Waals surface area contributed by atoms with E-state index in [0.717, 1.165) is 56.9 Å². The van der Waals surface area contributed by atoms with Gasteiger partial charge in [0.25, 0.3) is 0 Å². The second-order valence-corrected chi connectivity index (χ2v) is 12.8. The molecule has 0 spiro atoms. The molecule has 2 unspecified atom stereocenters. The van der Waals surface area contributed by atoms with Crippen LogP contribution in [0.25, 0.3) is 0 Å². The summed E-state index contributed by atoms with van der Waals surface area (Å²) in [5, 5.41) is 21.2. The van der Waals surface area contributed by atoms with Gasteiger partial charge in [-0.05, 0) is 51.5 Å². The van der Waals surface area contributed by atoms with Gasteiger partial charge in [0.05, 0.1) is 24.4 Å². The Morgan fingerprint density at radius 1 is 0.675 bits per heavy atom. The van der Waals surface area contributed by atoms with E-state index in [-0.39, 0.29) is 36.5 Å². The van der Waals surface area contributed by atoms with Crippen molar-refractivity contribution in [3.63, 3.8) is 0 Å². The van der Waals surface area contributed by atoms with E-state index in [9.17, 15) is 15.0 Å². The molecule has 5 atom stereocenters. The van der Waals surface area contributed by atoms with Gasteiger partial charge in [-0.1, -0.05) is 129 Å². The van der Waals surface area contributed by atoms with Crippen molar-refractivity contribution < 1.29 is 24.5 Å². The van der Waals surface area contributed by atoms with Gasteiger partial charge in [-0.15, -0.1) is 0 Å². The summed E-state index contributed by atoms with van der Waals surface area (Å²) in [6.07, 6.45) is 30.5. The first-order chi connectivity index (χ1) is 19.5. The summed E-state index contributed by atoms with van der Waals surface area (Å²) >= 11 is 0. The molecule has 0 aromatic heterocycles. The van der Waals surface area contributed by atoms with E-state index in [1.807, 2.05) is 13.0 Å². The lowest BCUT2D eigenvalue weighted by Crippen LogP contribution is -2.31. The Morgan fingerprint density at radius 3 is 1.48 bits per heavy atom. The van der Waals surface area contributed by atoms with Crippen LogP contribution in [0.5, 0.6) is 0 Å². The van der Waals surface area contributed by atoms with Gasteiger partial charge in [-0.2, -0.15) is 0 Å². The Morgan fingerprint density at radius 2 is 1.07 bits per heavy atom. The highest BCUT2D eigenvalue weighted by atomic mass is 16.5. The van der Waals surface area contributed by atoms with Crippen LogP contribution in [0.15, 0.2) is 11.6 Å². The van der Waals surface area contributed by atoms with Gasteiger partial charge in [-0.3, -0.25) is 0 Å². The molecule has 2 N–H and O–H groups in total. The number of aliphatic hydroxyl groups excluding tert-OH is 2. The molecule has 0 aliphatic carbocycles. The average Bonchev–Trinajstić information content (AvgIpc) is 3.56. The van der Waals surface area contributed by atoms with Gasteiger partial charge in [0, 0.05) is 5.57 Å². The summed E-state index contributed by atoms with van der Waals surface area (Å²) in [6, 6.07) is 0. The molecule has 0 amide bonds. The fourth-order valence-corrected chi connectivity index (χ4v) is 6.37. The summed E-state index contributed by atoms with van der Waals surface area (Å²) in [4.78, 5) is 11.6. The minimum Gasteiger partial charge on any atom is -0.455 e. The van der Waals surface area contributed by atoms with E-state index >= 15 is 0 Å². The average molecular weight is 565 g/mol. The Labute approximate surface area is 246 Å². The SMILES string of the molecule is CCCCCCCCCCCC[C@H](O)C1CCC([C@@H](O)CCCCCCCCCCCCC2=C[C@H](C)OC2=O)O1. The highest BCUT2D eigenvalue weighted by molar-refractivity contribution is 5.90. The Bertz CT molecular complexity index is 662. The highest BCUT2D eigenvalue weighted by Crippen LogP contribution is 2.28. The molecule has 2 heterocycles. The standard InChI is InChI=1S/C35H64O5/c1-3-4-5-6-7-8-12-15-18-21-24-31(36)33-26-27-34(40-33)32(37)25-22-19-16-13-10-9-11-14-17-20-23-30-28-29(2)39-35(30)38/h28-29,31-34,36-37H,3-27H2,1-2H3/t29-,31-,32-,33?,34?/m0/s1. The second-order valence-electron chi connectivity index (χ2n) is 12.8. The Balaban J connectivity index is 1.35. The predicted octanol–water partition coefficient (Wildman–Crippen LogP) is 9.12. The minimum atomic E-state index is -0.389. The molecule has 5 heteroatoms. The maximum Gasteiger partial charge on any atom is 0.334 e. The molecule has 0 aromatic carbocycles. The van der Waals surface area contributed by atoms with Crippen LogP contribution >= 0.6 is 0 Å². The summed E-state index contributed by atoms with van der Waals surface area (Å²) in [7, 11) is 0. The third kappa shape index (κ3) is 15.9. The van der Waals surface area contributed by atoms with Crippen molar-refractivity contribution in [3.8, 4) is 0 Å². The number of carbonyl (C=O) groups is 1. The first kappa shape index (κ1) is 35.3. The van der Waals surface area contributed by atoms with Gasteiger partial charge in [0.15, 0.2) is 0 Å². The molecule has 2 aliphatic rings. The Kier molecular flexibility index (Phi) is 20.0. The first-order valence-electron chi connectivity index (χ1n) is 17.4. The fraction of sp³-hybridized carbons (Fsp3) is 0.914. The summed E-state index contributed by atoms with van der Waals surface area (Å²) < 4.78 is 11.2. The molecule has 2 rings (SSSR count). The van der Waals surface area contributed by atoms with Crippen LogP contribution in [-0.4, -0.2) is 46.7 Å². The van der Waals surface area contributed by atoms with E-state index in [2.05, 4.69) is 6.92 Å². The molecular formula is C35H64O5. The monoisotopic (exact) mass is 564 g/mol. The lowest BCUT2D eigenvalue weighted by atomic mass is 10.00. The van der Waals surface area contributed by atoms with Crippen molar-refractivity contribution in [2.45, 2.75) is 205 Å². The highest BCUT2D eigenvalue weighted by Gasteiger charge is 2.34. The number of rotatable bonds is 26. The van der Waals surface area contributed by atoms with Crippen LogP contribution in [0, 0.1) is 0 Å². The van der Waals surface area contributed by atoms with Gasteiger partial charge >= 0.3 is 5.97 Å². The maximum absolute atomic E-state index is 11.6. The molecule has 0 aromatic rings. The number of carbonyl (C=O) groups excluding carboxylic acids is 1. The van der Waals surface area contributed by atoms with E-state index in [1.165, 1.54) is 109 Å². The van der Waals surface area contributed by atoms with E-state index in [4.69, 9.17) is 9.47 Å². The number of hydrogen-bond donors (Lipinski definition) is 2. The van der Waals surface area contributed by atoms with E-state index < -0.39 is 0 Å². The van der Waals surface area contributed by atoms with Crippen molar-refractivity contribution in [2.24, 2.45) is 0 Å². The van der Waals surface area contributed by atoms with Crippen LogP contribution in [0.2, 0.25) is 0 Å². The van der Waals surface area contributed by atoms with E-state index in [1.54, 1.807) is 0 Å². The van der Waals surface area contributed by atoms with Gasteiger partial charge < -0.3 is 19.7 Å². The summed E-state index contributed by atoms with van der Waals surface area (Å²) in [5.74, 6) is -0.117. The van der Waals surface area contributed by atoms with Crippen molar-refractivity contribution >= 4 is 5.97 Å². The van der Waals surface area contributed by atoms with Crippen LogP contribution in [0.3, 0.4) is 0 Å². The number of cyclic esters (lactones) is 1. The molecule has 2 aliphatic heterocycles. The van der Waals surface area contributed by atoms with Gasteiger partial charge in [0.2, 0.25) is 0 Å². The topological polar surface area (TPSA) is 76.0 Å². The van der Waals surface area contributed by atoms with Crippen molar-refractivity contribution in [1.82, 2.24) is 0 Å². The zero-order chi connectivity index (χ0) is 28.8. The number of esters is 1. The molecule has 234 valence electrons. The van der Waals surface area contributed by atoms with Crippen molar-refractivity contribution in [1.29, 1.82) is 0 Å². The number of unbranched alkanes of at least 4 members (excludes halogenated alkanes) is 18. The zero-order valence-electron chi connectivity index (χ0n) is 26.3. The van der Waals surface area contributed by atoms with Crippen LogP contribution in [-0.2, 0) is 14.3 Å². The molecular weight excluding hydrogens is 500 g/mol. The third-order valence-corrected chi connectivity index (χ3v) is 8.98. The van der Waals surface area contributed by atoms with Crippen molar-refractivity contribution in [3.05, 3.63) is 11.6 Å². The zero-order valence-corrected chi connectivity index (χ0v) is 26.3. The van der Waals surface area contributed by atoms with Crippen molar-refractivity contribution in [2.75, 3.05) is 0 Å². The first-order valence-corrected chi connectivity index (χ1v) is 17.4. The number of ether oxygens (including phenoxy) is 2. The van der Waals surface area contributed by atoms with Gasteiger partial charge in [0.1, 0.15) is 6.10 Å². The van der Waals surface area contributed by atoms with E-state index in [0.29, 0.717) is 0 Å². The largest absolute Gasteiger partial charge is 0.455 e. The summed E-state index contributed by atoms with van der Waals surface area (Å²) in [6.45, 7) is 4.18. The lowest BCUT2D eigenvalue weighted by Gasteiger charge is -2.22. The normalized spacial score (nSPS) is 22.4. The quantitative estimate of drug-likeness (QED) is 0.0809. The molecule has 0 bridgehead atoms. The predicted molar refractivity (Wildman–Crippen MR) is 165 cm³/mol. The number of hydrogen-bond acceptors (Lipinski definition) is 5. The van der Waals surface area contributed by atoms with Crippen LogP contribution < -0.4 is 0 Å². The Hall–Kier alpha value is -0.910. The fourth-order valence-electron chi connectivity index (χ4n) is 6.37. The molecule has 5 nitrogen and oxygen atoms in total. The molecule has 0 saturated carbocycles. The van der Waals surface area contributed by atoms with Crippen LogP contribution in [0.1, 0.15) is 174 Å². The molecule has 1 fully saturated rings. The smallest absolute Gasteiger partial charge is 0.334 e. The third-order valence-electron chi connectivity index (χ3n) is 8.98. The maximum atomic E-state index is 11.6. The van der Waals surface area contributed by atoms with Crippen LogP contribution in [0.4, 0.5) is 0 Å². The van der Waals surface area contributed by atoms with Gasteiger partial charge in [-0.25, -0.2) is 4.79 Å². The summed E-state index contributed by atoms with van der Waals surface area (Å²) in [5.41, 5.74) is 0.870. The molecule has 1 saturated heterocycles. The number of aliphatic hydroxyl groups is 2. The molecule has 0 radical (unpaired) electrons. The second kappa shape index (κ2) is 22.7.